The first-order chi connectivity index (χ1) is 15.1. The van der Waals surface area contributed by atoms with E-state index >= 15 is 0 Å². The van der Waals surface area contributed by atoms with Crippen LogP contribution in [-0.4, -0.2) is 28.0 Å². The van der Waals surface area contributed by atoms with Crippen LogP contribution in [0.25, 0.3) is 22.2 Å². The number of nitrogens with one attached hydrogen (secondary N) is 2. The summed E-state index contributed by atoms with van der Waals surface area (Å²) >= 11 is 7.34. The first kappa shape index (κ1) is 20.8. The molecule has 2 N–H and O–H groups in total. The molecule has 6 nitrogen and oxygen atoms in total. The zero-order valence-electron chi connectivity index (χ0n) is 16.4. The van der Waals surface area contributed by atoms with Crippen LogP contribution >= 0.6 is 23.4 Å². The van der Waals surface area contributed by atoms with E-state index in [1.165, 1.54) is 11.8 Å². The molecule has 2 amide bonds. The first-order valence-corrected chi connectivity index (χ1v) is 10.9. The molecule has 2 aromatic heterocycles. The Labute approximate surface area is 188 Å². The second-order valence-corrected chi connectivity index (χ2v) is 7.78. The van der Waals surface area contributed by atoms with E-state index in [-0.39, 0.29) is 0 Å². The van der Waals surface area contributed by atoms with Crippen molar-refractivity contribution < 1.29 is 9.59 Å². The number of nitrogens with zero attached hydrogens (tertiary/aromatic N) is 2. The number of halogens is 1. The molecular weight excluding hydrogens is 432 g/mol. The normalized spacial score (nSPS) is 10.6. The number of thioether (sulfide) groups is 1. The number of carbonyl (C=O) groups is 2. The second kappa shape index (κ2) is 9.16. The standard InChI is InChI=1S/C23H17ClN4O2S/c1-31-23-17(6-4-12-25-23)21(29)27-28-22(30)18-13-20(14-8-10-15(24)11-9-14)26-19-7-3-2-5-16(18)19/h2-13H,1H3,(H,27,29)(H,28,30). The molecule has 8 heteroatoms. The van der Waals surface area contributed by atoms with Gasteiger partial charge < -0.3 is 0 Å². The summed E-state index contributed by atoms with van der Waals surface area (Å²) in [7, 11) is 0. The predicted octanol–water partition coefficient (Wildman–Crippen LogP) is 4.75. The number of hydrogen-bond acceptors (Lipinski definition) is 5. The van der Waals surface area contributed by atoms with Gasteiger partial charge in [-0.3, -0.25) is 20.4 Å². The highest BCUT2D eigenvalue weighted by Crippen LogP contribution is 2.26. The van der Waals surface area contributed by atoms with Crippen LogP contribution in [0.2, 0.25) is 5.02 Å². The minimum absolute atomic E-state index is 0.386. The predicted molar refractivity (Wildman–Crippen MR) is 123 cm³/mol. The molecule has 0 bridgehead atoms. The maximum Gasteiger partial charge on any atom is 0.272 e. The van der Waals surface area contributed by atoms with E-state index in [4.69, 9.17) is 11.6 Å². The quantitative estimate of drug-likeness (QED) is 0.348. The zero-order valence-corrected chi connectivity index (χ0v) is 18.0. The summed E-state index contributed by atoms with van der Waals surface area (Å²) in [5.41, 5.74) is 7.88. The van der Waals surface area contributed by atoms with Crippen LogP contribution in [0, 0.1) is 0 Å². The summed E-state index contributed by atoms with van der Waals surface area (Å²) in [4.78, 5) is 34.4. The Bertz CT molecular complexity index is 1280. The van der Waals surface area contributed by atoms with Gasteiger partial charge in [-0.05, 0) is 42.7 Å². The fraction of sp³-hybridized carbons (Fsp3) is 0.0435. The largest absolute Gasteiger partial charge is 0.272 e. The van der Waals surface area contributed by atoms with Crippen molar-refractivity contribution in [2.24, 2.45) is 0 Å². The monoisotopic (exact) mass is 448 g/mol. The molecule has 0 saturated carbocycles. The van der Waals surface area contributed by atoms with Crippen LogP contribution in [0.3, 0.4) is 0 Å². The molecule has 0 unspecified atom stereocenters. The van der Waals surface area contributed by atoms with E-state index in [0.29, 0.717) is 37.8 Å². The molecular formula is C23H17ClN4O2S. The molecule has 0 saturated heterocycles. The third-order valence-electron chi connectivity index (χ3n) is 4.60. The Morgan fingerprint density at radius 1 is 0.903 bits per heavy atom. The van der Waals surface area contributed by atoms with Crippen molar-refractivity contribution in [3.8, 4) is 11.3 Å². The van der Waals surface area contributed by atoms with Gasteiger partial charge in [-0.25, -0.2) is 9.97 Å². The Balaban J connectivity index is 1.64. The number of hydrazine groups is 1. The molecule has 2 heterocycles. The van der Waals surface area contributed by atoms with Gasteiger partial charge in [0, 0.05) is 22.2 Å². The summed E-state index contributed by atoms with van der Waals surface area (Å²) in [5.74, 6) is -0.890. The molecule has 0 radical (unpaired) electrons. The van der Waals surface area contributed by atoms with E-state index in [1.54, 1.807) is 36.5 Å². The van der Waals surface area contributed by atoms with Gasteiger partial charge in [0.25, 0.3) is 11.8 Å². The number of hydrogen-bond donors (Lipinski definition) is 2. The second-order valence-electron chi connectivity index (χ2n) is 6.55. The number of carbonyl (C=O) groups excluding carboxylic acids is 2. The maximum absolute atomic E-state index is 13.0. The van der Waals surface area contributed by atoms with E-state index in [1.807, 2.05) is 42.7 Å². The average Bonchev–Trinajstić information content (AvgIpc) is 2.82. The number of amides is 2. The summed E-state index contributed by atoms with van der Waals surface area (Å²) in [6, 6.07) is 19.6. The molecule has 2 aromatic carbocycles. The van der Waals surface area contributed by atoms with Crippen molar-refractivity contribution in [3.63, 3.8) is 0 Å². The van der Waals surface area contributed by atoms with E-state index in [0.717, 1.165) is 5.56 Å². The van der Waals surface area contributed by atoms with Crippen molar-refractivity contribution in [1.82, 2.24) is 20.8 Å². The molecule has 0 aliphatic carbocycles. The van der Waals surface area contributed by atoms with Gasteiger partial charge in [0.2, 0.25) is 0 Å². The highest BCUT2D eigenvalue weighted by Gasteiger charge is 2.16. The number of para-hydroxylation sites is 1. The van der Waals surface area contributed by atoms with E-state index in [2.05, 4.69) is 20.8 Å². The van der Waals surface area contributed by atoms with Crippen molar-refractivity contribution in [1.29, 1.82) is 0 Å². The fourth-order valence-electron chi connectivity index (χ4n) is 3.11. The lowest BCUT2D eigenvalue weighted by Gasteiger charge is -2.12. The van der Waals surface area contributed by atoms with Gasteiger partial charge in [-0.2, -0.15) is 0 Å². The van der Waals surface area contributed by atoms with Crippen molar-refractivity contribution >= 4 is 46.1 Å². The van der Waals surface area contributed by atoms with Crippen LogP contribution < -0.4 is 10.9 Å². The van der Waals surface area contributed by atoms with Gasteiger partial charge >= 0.3 is 0 Å². The topological polar surface area (TPSA) is 84.0 Å². The van der Waals surface area contributed by atoms with Crippen LogP contribution in [0.15, 0.2) is 78.0 Å². The minimum Gasteiger partial charge on any atom is -0.267 e. The van der Waals surface area contributed by atoms with Crippen LogP contribution in [0.1, 0.15) is 20.7 Å². The van der Waals surface area contributed by atoms with Gasteiger partial charge in [-0.15, -0.1) is 11.8 Å². The fourth-order valence-corrected chi connectivity index (χ4v) is 3.78. The van der Waals surface area contributed by atoms with E-state index in [9.17, 15) is 9.59 Å². The van der Waals surface area contributed by atoms with Crippen LogP contribution in [0.4, 0.5) is 0 Å². The van der Waals surface area contributed by atoms with E-state index < -0.39 is 11.8 Å². The maximum atomic E-state index is 13.0. The van der Waals surface area contributed by atoms with Crippen LogP contribution in [0.5, 0.6) is 0 Å². The Kier molecular flexibility index (Phi) is 6.16. The summed E-state index contributed by atoms with van der Waals surface area (Å²) in [6.45, 7) is 0. The van der Waals surface area contributed by atoms with Crippen LogP contribution in [-0.2, 0) is 0 Å². The first-order valence-electron chi connectivity index (χ1n) is 9.32. The molecule has 0 atom stereocenters. The zero-order chi connectivity index (χ0) is 21.8. The molecule has 0 aliphatic rings. The molecule has 0 fully saturated rings. The van der Waals surface area contributed by atoms with Gasteiger partial charge in [-0.1, -0.05) is 41.9 Å². The Hall–Kier alpha value is -3.42. The molecule has 0 spiro atoms. The summed E-state index contributed by atoms with van der Waals surface area (Å²) in [6.07, 6.45) is 3.45. The number of aromatic nitrogens is 2. The highest BCUT2D eigenvalue weighted by atomic mass is 35.5. The Morgan fingerprint density at radius 3 is 2.35 bits per heavy atom. The van der Waals surface area contributed by atoms with Gasteiger partial charge in [0.05, 0.1) is 22.3 Å². The minimum atomic E-state index is -0.447. The number of rotatable bonds is 4. The van der Waals surface area contributed by atoms with Crippen molar-refractivity contribution in [2.75, 3.05) is 6.26 Å². The average molecular weight is 449 g/mol. The molecule has 4 rings (SSSR count). The lowest BCUT2D eigenvalue weighted by atomic mass is 10.0. The number of benzene rings is 2. The summed E-state index contributed by atoms with van der Waals surface area (Å²) in [5, 5.41) is 1.87. The SMILES string of the molecule is CSc1ncccc1C(=O)NNC(=O)c1cc(-c2ccc(Cl)cc2)nc2ccccc12. The molecule has 31 heavy (non-hydrogen) atoms. The molecule has 4 aromatic rings. The smallest absolute Gasteiger partial charge is 0.267 e. The van der Waals surface area contributed by atoms with Crippen molar-refractivity contribution in [2.45, 2.75) is 5.03 Å². The van der Waals surface area contributed by atoms with Gasteiger partial charge in [0.1, 0.15) is 5.03 Å². The summed E-state index contributed by atoms with van der Waals surface area (Å²) < 4.78 is 0. The molecule has 154 valence electrons. The third kappa shape index (κ3) is 4.52. The highest BCUT2D eigenvalue weighted by molar-refractivity contribution is 7.98. The lowest BCUT2D eigenvalue weighted by Crippen LogP contribution is -2.42. The lowest BCUT2D eigenvalue weighted by molar-refractivity contribution is 0.0845. The third-order valence-corrected chi connectivity index (χ3v) is 5.56. The Morgan fingerprint density at radius 2 is 1.61 bits per heavy atom. The number of pyridine rings is 2. The number of fused-ring (bicyclic) bond motifs is 1. The van der Waals surface area contributed by atoms with Gasteiger partial charge in [0.15, 0.2) is 0 Å². The van der Waals surface area contributed by atoms with Crippen molar-refractivity contribution in [3.05, 3.63) is 89.1 Å². The molecule has 0 aliphatic heterocycles.